The molecule has 114 valence electrons. The Labute approximate surface area is 128 Å². The topological polar surface area (TPSA) is 98.0 Å². The van der Waals surface area contributed by atoms with E-state index in [1.807, 2.05) is 19.9 Å². The summed E-state index contributed by atoms with van der Waals surface area (Å²) in [5.41, 5.74) is 8.00. The Balaban J connectivity index is 2.41. The molecule has 0 bridgehead atoms. The van der Waals surface area contributed by atoms with Crippen molar-refractivity contribution in [3.63, 3.8) is 0 Å². The third kappa shape index (κ3) is 3.39. The van der Waals surface area contributed by atoms with Crippen LogP contribution < -0.4 is 10.5 Å². The van der Waals surface area contributed by atoms with E-state index >= 15 is 0 Å². The zero-order valence-corrected chi connectivity index (χ0v) is 13.8. The summed E-state index contributed by atoms with van der Waals surface area (Å²) in [4.78, 5) is 0.233. The van der Waals surface area contributed by atoms with Gasteiger partial charge in [-0.3, -0.25) is 4.72 Å². The molecule has 0 spiro atoms. The van der Waals surface area contributed by atoms with Gasteiger partial charge in [-0.25, -0.2) is 8.42 Å². The largest absolute Gasteiger partial charge is 0.326 e. The maximum absolute atomic E-state index is 12.5. The zero-order valence-electron chi connectivity index (χ0n) is 12.2. The summed E-state index contributed by atoms with van der Waals surface area (Å²) in [6, 6.07) is 3.50. The Hall–Kier alpha value is -1.51. The Morgan fingerprint density at radius 2 is 2.00 bits per heavy atom. The summed E-state index contributed by atoms with van der Waals surface area (Å²) in [5, 5.41) is 8.82. The highest BCUT2D eigenvalue weighted by molar-refractivity contribution is 7.93. The van der Waals surface area contributed by atoms with Crippen LogP contribution in [0.5, 0.6) is 0 Å². The van der Waals surface area contributed by atoms with Crippen LogP contribution in [0.2, 0.25) is 0 Å². The number of sulfonamides is 1. The summed E-state index contributed by atoms with van der Waals surface area (Å²) in [6.07, 6.45) is 0.722. The first kappa shape index (κ1) is 15.9. The fourth-order valence-electron chi connectivity index (χ4n) is 1.90. The van der Waals surface area contributed by atoms with Crippen molar-refractivity contribution in [1.29, 1.82) is 0 Å². The van der Waals surface area contributed by atoms with Crippen LogP contribution in [0.4, 0.5) is 5.13 Å². The van der Waals surface area contributed by atoms with Crippen LogP contribution >= 0.6 is 11.3 Å². The minimum absolute atomic E-state index is 0.233. The van der Waals surface area contributed by atoms with Gasteiger partial charge in [-0.15, -0.1) is 10.2 Å². The Bertz CT molecular complexity index is 754. The number of nitrogens with one attached hydrogen (secondary N) is 1. The molecule has 0 saturated heterocycles. The average molecular weight is 326 g/mol. The highest BCUT2D eigenvalue weighted by Gasteiger charge is 2.20. The van der Waals surface area contributed by atoms with Gasteiger partial charge < -0.3 is 5.73 Å². The van der Waals surface area contributed by atoms with Gasteiger partial charge in [-0.05, 0) is 43.0 Å². The van der Waals surface area contributed by atoms with Crippen molar-refractivity contribution >= 4 is 26.5 Å². The molecule has 0 saturated carbocycles. The molecule has 0 fully saturated rings. The van der Waals surface area contributed by atoms with E-state index in [0.717, 1.165) is 22.6 Å². The quantitative estimate of drug-likeness (QED) is 0.875. The molecule has 0 aliphatic rings. The summed E-state index contributed by atoms with van der Waals surface area (Å²) in [7, 11) is -3.69. The minimum atomic E-state index is -3.69. The molecule has 0 aliphatic heterocycles. The van der Waals surface area contributed by atoms with Crippen LogP contribution in [0.15, 0.2) is 17.0 Å². The normalized spacial score (nSPS) is 11.6. The van der Waals surface area contributed by atoms with Crippen LogP contribution in [0.1, 0.15) is 28.6 Å². The van der Waals surface area contributed by atoms with E-state index in [0.29, 0.717) is 12.1 Å². The van der Waals surface area contributed by atoms with Gasteiger partial charge in [-0.2, -0.15) is 0 Å². The van der Waals surface area contributed by atoms with Crippen molar-refractivity contribution in [3.05, 3.63) is 33.8 Å². The van der Waals surface area contributed by atoms with E-state index in [2.05, 4.69) is 14.9 Å². The third-order valence-corrected chi connectivity index (χ3v) is 5.77. The molecule has 3 N–H and O–H groups in total. The molecule has 0 unspecified atom stereocenters. The first-order chi connectivity index (χ1) is 9.87. The number of nitrogens with zero attached hydrogens (tertiary/aromatic N) is 2. The van der Waals surface area contributed by atoms with Crippen LogP contribution in [0.25, 0.3) is 0 Å². The van der Waals surface area contributed by atoms with Gasteiger partial charge in [0.05, 0.1) is 4.90 Å². The van der Waals surface area contributed by atoms with E-state index in [1.165, 1.54) is 11.3 Å². The maximum atomic E-state index is 12.5. The van der Waals surface area contributed by atoms with Gasteiger partial charge >= 0.3 is 0 Å². The first-order valence-electron chi connectivity index (χ1n) is 6.52. The van der Waals surface area contributed by atoms with Crippen molar-refractivity contribution in [2.45, 2.75) is 38.6 Å². The number of benzene rings is 1. The van der Waals surface area contributed by atoms with Crippen molar-refractivity contribution in [1.82, 2.24) is 10.2 Å². The number of aromatic nitrogens is 2. The van der Waals surface area contributed by atoms with E-state index in [1.54, 1.807) is 13.0 Å². The van der Waals surface area contributed by atoms with Crippen molar-refractivity contribution < 1.29 is 8.42 Å². The van der Waals surface area contributed by atoms with Crippen molar-refractivity contribution in [2.75, 3.05) is 4.72 Å². The van der Waals surface area contributed by atoms with Gasteiger partial charge in [0.2, 0.25) is 5.13 Å². The molecular formula is C13H18N4O2S2. The molecule has 0 amide bonds. The van der Waals surface area contributed by atoms with Crippen molar-refractivity contribution in [2.24, 2.45) is 5.73 Å². The smallest absolute Gasteiger partial charge is 0.263 e. The van der Waals surface area contributed by atoms with Crippen LogP contribution in [0.3, 0.4) is 0 Å². The Morgan fingerprint density at radius 3 is 2.57 bits per heavy atom. The molecule has 1 aromatic heterocycles. The van der Waals surface area contributed by atoms with E-state index in [4.69, 9.17) is 5.73 Å². The standard InChI is InChI=1S/C13H18N4O2S2/c1-4-12-15-16-13(20-12)17-21(18,19)11-6-10(7-14)5-8(2)9(11)3/h5-6H,4,7,14H2,1-3H3,(H,16,17). The number of hydrogen-bond donors (Lipinski definition) is 2. The summed E-state index contributed by atoms with van der Waals surface area (Å²) >= 11 is 1.24. The second-order valence-electron chi connectivity index (χ2n) is 4.70. The van der Waals surface area contributed by atoms with Gasteiger partial charge in [0.25, 0.3) is 10.0 Å². The van der Waals surface area contributed by atoms with Crippen LogP contribution in [0, 0.1) is 13.8 Å². The highest BCUT2D eigenvalue weighted by atomic mass is 32.2. The number of aryl methyl sites for hydroxylation is 2. The lowest BCUT2D eigenvalue weighted by molar-refractivity contribution is 0.600. The highest BCUT2D eigenvalue weighted by Crippen LogP contribution is 2.25. The van der Waals surface area contributed by atoms with Crippen molar-refractivity contribution in [3.8, 4) is 0 Å². The fourth-order valence-corrected chi connectivity index (χ4v) is 4.18. The first-order valence-corrected chi connectivity index (χ1v) is 8.82. The van der Waals surface area contributed by atoms with E-state index < -0.39 is 10.0 Å². The second-order valence-corrected chi connectivity index (χ2v) is 7.41. The zero-order chi connectivity index (χ0) is 15.6. The SMILES string of the molecule is CCc1nnc(NS(=O)(=O)c2cc(CN)cc(C)c2C)s1. The molecule has 0 atom stereocenters. The van der Waals surface area contributed by atoms with E-state index in [9.17, 15) is 8.42 Å². The predicted molar refractivity (Wildman–Crippen MR) is 83.9 cm³/mol. The summed E-state index contributed by atoms with van der Waals surface area (Å²) < 4.78 is 27.5. The Kier molecular flexibility index (Phi) is 4.60. The third-order valence-electron chi connectivity index (χ3n) is 3.20. The summed E-state index contributed by atoms with van der Waals surface area (Å²) in [5.74, 6) is 0. The maximum Gasteiger partial charge on any atom is 0.263 e. The average Bonchev–Trinajstić information content (AvgIpc) is 2.88. The van der Waals surface area contributed by atoms with Crippen LogP contribution in [-0.4, -0.2) is 18.6 Å². The fraction of sp³-hybridized carbons (Fsp3) is 0.385. The molecule has 21 heavy (non-hydrogen) atoms. The summed E-state index contributed by atoms with van der Waals surface area (Å²) in [6.45, 7) is 5.88. The molecule has 8 heteroatoms. The molecule has 0 aliphatic carbocycles. The van der Waals surface area contributed by atoms with Gasteiger partial charge in [0.15, 0.2) is 0 Å². The molecule has 2 rings (SSSR count). The van der Waals surface area contributed by atoms with Crippen LogP contribution in [-0.2, 0) is 23.0 Å². The number of rotatable bonds is 5. The monoisotopic (exact) mass is 326 g/mol. The number of anilines is 1. The second kappa shape index (κ2) is 6.08. The molecule has 0 radical (unpaired) electrons. The van der Waals surface area contributed by atoms with Gasteiger partial charge in [0, 0.05) is 6.54 Å². The minimum Gasteiger partial charge on any atom is -0.326 e. The van der Waals surface area contributed by atoms with Gasteiger partial charge in [-0.1, -0.05) is 24.3 Å². The molecular weight excluding hydrogens is 308 g/mol. The van der Waals surface area contributed by atoms with Gasteiger partial charge in [0.1, 0.15) is 5.01 Å². The molecule has 2 aromatic rings. The lowest BCUT2D eigenvalue weighted by atomic mass is 10.1. The number of nitrogens with two attached hydrogens (primary N) is 1. The lowest BCUT2D eigenvalue weighted by Gasteiger charge is -2.12. The predicted octanol–water partition coefficient (Wildman–Crippen LogP) is 1.98. The number of hydrogen-bond acceptors (Lipinski definition) is 6. The molecule has 6 nitrogen and oxygen atoms in total. The Morgan fingerprint density at radius 1 is 1.29 bits per heavy atom. The van der Waals surface area contributed by atoms with E-state index in [-0.39, 0.29) is 10.0 Å². The lowest BCUT2D eigenvalue weighted by Crippen LogP contribution is -2.15. The molecule has 1 heterocycles. The molecule has 1 aromatic carbocycles.